The van der Waals surface area contributed by atoms with E-state index >= 15 is 0 Å². The standard InChI is InChI=1S/C28H29F2N3O.C10H12N4O5.H3O4P/c29-22-11-7-20(8-12-22)25(21-9-13-23(30)14-10-21)4-3-17-32-18-15-24(16-19-32)33-27-6-2-1-5-26(27)31-28(33)34;15-1-4-6(16)7(17)10(19-4)14-3-13-5-8(14)11-2-12-9(5)18;1-5(2,3)4/h1-2,5-14,24-25H,3-4,15-19H2,(H,31,34);2-4,6-7,10,15-17H,1H2,(H,11,12,18);(H3,1,2,3,4)/t;4-,6-,7-,10-;/m.1./s1. The summed E-state index contributed by atoms with van der Waals surface area (Å²) in [4.78, 5) is 61.3. The highest BCUT2D eigenvalue weighted by atomic mass is 31.2. The minimum Gasteiger partial charge on any atom is -0.394 e. The van der Waals surface area contributed by atoms with E-state index < -0.39 is 44.5 Å². The lowest BCUT2D eigenvalue weighted by Crippen LogP contribution is -2.37. The van der Waals surface area contributed by atoms with Crippen LogP contribution in [0.15, 0.2) is 95.0 Å². The molecule has 0 aliphatic carbocycles. The number of H-pyrrole nitrogens is 2. The molecule has 58 heavy (non-hydrogen) atoms. The Morgan fingerprint density at radius 2 is 1.48 bits per heavy atom. The van der Waals surface area contributed by atoms with Gasteiger partial charge in [0, 0.05) is 25.0 Å². The second-order valence-electron chi connectivity index (χ2n) is 14.0. The number of halogens is 2. The summed E-state index contributed by atoms with van der Waals surface area (Å²) in [5, 5.41) is 28.6. The van der Waals surface area contributed by atoms with E-state index in [9.17, 15) is 28.6 Å². The maximum Gasteiger partial charge on any atom is 0.466 e. The van der Waals surface area contributed by atoms with Crippen molar-refractivity contribution in [3.8, 4) is 0 Å². The zero-order valence-corrected chi connectivity index (χ0v) is 31.9. The summed E-state index contributed by atoms with van der Waals surface area (Å²) >= 11 is 0. The van der Waals surface area contributed by atoms with E-state index in [-0.39, 0.29) is 40.4 Å². The molecule has 3 aromatic heterocycles. The van der Waals surface area contributed by atoms with Crippen LogP contribution in [0.4, 0.5) is 8.78 Å². The predicted octanol–water partition coefficient (Wildman–Crippen LogP) is 2.66. The van der Waals surface area contributed by atoms with Crippen LogP contribution in [0.2, 0.25) is 0 Å². The van der Waals surface area contributed by atoms with Crippen LogP contribution in [-0.2, 0) is 9.30 Å². The Balaban J connectivity index is 0.000000198. The van der Waals surface area contributed by atoms with Gasteiger partial charge in [0.25, 0.3) is 5.56 Å². The Morgan fingerprint density at radius 1 is 0.879 bits per heavy atom. The maximum absolute atomic E-state index is 13.5. The number of aromatic nitrogens is 6. The predicted molar refractivity (Wildman–Crippen MR) is 207 cm³/mol. The molecule has 2 aliphatic heterocycles. The third kappa shape index (κ3) is 10.4. The molecule has 3 aromatic carbocycles. The van der Waals surface area contributed by atoms with E-state index in [0.29, 0.717) is 0 Å². The number of fused-ring (bicyclic) bond motifs is 2. The van der Waals surface area contributed by atoms with Crippen molar-refractivity contribution in [1.82, 2.24) is 34.0 Å². The number of hydrogen-bond donors (Lipinski definition) is 8. The van der Waals surface area contributed by atoms with Gasteiger partial charge >= 0.3 is 13.5 Å². The number of aliphatic hydroxyl groups excluding tert-OH is 3. The van der Waals surface area contributed by atoms with Gasteiger partial charge in [-0.15, -0.1) is 0 Å². The SMILES string of the molecule is O=P(O)(O)O.O=c1[nH]c2ccccc2n1C1CCN(CCCC(c2ccc(F)cc2)c2ccc(F)cc2)CC1.O=c1[nH]cnc2c1ncn2[C@@H]1O[C@H](CO)[C@@H](O)[C@H]1O. The lowest BCUT2D eigenvalue weighted by molar-refractivity contribution is -0.0511. The van der Waals surface area contributed by atoms with Crippen LogP contribution in [0.25, 0.3) is 22.2 Å². The quantitative estimate of drug-likeness (QED) is 0.0978. The number of nitrogens with zero attached hydrogens (tertiary/aromatic N) is 5. The topological polar surface area (TPSA) is 252 Å². The summed E-state index contributed by atoms with van der Waals surface area (Å²) < 4.78 is 44.4. The van der Waals surface area contributed by atoms with Crippen molar-refractivity contribution in [2.75, 3.05) is 26.2 Å². The van der Waals surface area contributed by atoms with E-state index in [1.165, 1.54) is 41.5 Å². The number of likely N-dealkylation sites (tertiary alicyclic amines) is 1. The van der Waals surface area contributed by atoms with Crippen molar-refractivity contribution < 1.29 is 48.1 Å². The summed E-state index contributed by atoms with van der Waals surface area (Å²) in [6.45, 7) is 2.45. The number of aliphatic hydroxyl groups is 3. The van der Waals surface area contributed by atoms with E-state index in [4.69, 9.17) is 29.1 Å². The average molecular weight is 828 g/mol. The summed E-state index contributed by atoms with van der Waals surface area (Å²) in [7, 11) is -4.64. The molecule has 8 N–H and O–H groups in total. The fourth-order valence-electron chi connectivity index (χ4n) is 7.43. The van der Waals surface area contributed by atoms with Crippen molar-refractivity contribution in [2.45, 2.75) is 62.2 Å². The number of rotatable bonds is 9. The van der Waals surface area contributed by atoms with Crippen molar-refractivity contribution in [1.29, 1.82) is 0 Å². The van der Waals surface area contributed by atoms with Gasteiger partial charge < -0.3 is 49.6 Å². The number of piperidine rings is 1. The van der Waals surface area contributed by atoms with Gasteiger partial charge in [-0.2, -0.15) is 0 Å². The molecule has 5 heterocycles. The highest BCUT2D eigenvalue weighted by Gasteiger charge is 2.44. The Labute approximate surface area is 329 Å². The van der Waals surface area contributed by atoms with Gasteiger partial charge in [0.1, 0.15) is 29.9 Å². The summed E-state index contributed by atoms with van der Waals surface area (Å²) in [6, 6.07) is 21.3. The van der Waals surface area contributed by atoms with Gasteiger partial charge in [0.2, 0.25) is 0 Å². The third-order valence-electron chi connectivity index (χ3n) is 10.2. The molecule has 2 aliphatic rings. The summed E-state index contributed by atoms with van der Waals surface area (Å²) in [5.41, 5.74) is 3.88. The van der Waals surface area contributed by atoms with E-state index in [2.05, 4.69) is 24.8 Å². The number of phosphoric acid groups is 1. The second kappa shape index (κ2) is 18.8. The van der Waals surface area contributed by atoms with Gasteiger partial charge in [0.15, 0.2) is 17.4 Å². The van der Waals surface area contributed by atoms with Gasteiger partial charge in [-0.25, -0.2) is 28.1 Å². The highest BCUT2D eigenvalue weighted by molar-refractivity contribution is 7.45. The molecule has 17 nitrogen and oxygen atoms in total. The van der Waals surface area contributed by atoms with Crippen LogP contribution < -0.4 is 11.2 Å². The molecule has 2 saturated heterocycles. The van der Waals surface area contributed by atoms with Gasteiger partial charge in [-0.3, -0.25) is 13.9 Å². The molecule has 6 aromatic rings. The Hall–Kier alpha value is -4.95. The van der Waals surface area contributed by atoms with Crippen LogP contribution in [-0.4, -0.2) is 109 Å². The number of hydrogen-bond acceptors (Lipinski definition) is 10. The number of benzene rings is 3. The first-order chi connectivity index (χ1) is 27.7. The van der Waals surface area contributed by atoms with Crippen LogP contribution in [0.3, 0.4) is 0 Å². The molecular formula is C38H44F2N7O10P. The minimum atomic E-state index is -4.64. The Kier molecular flexibility index (Phi) is 13.8. The minimum absolute atomic E-state index is 0.0268. The lowest BCUT2D eigenvalue weighted by Gasteiger charge is -2.32. The molecule has 0 amide bonds. The number of ether oxygens (including phenoxy) is 1. The molecule has 0 spiro atoms. The fraction of sp³-hybridized carbons (Fsp3) is 0.368. The van der Waals surface area contributed by atoms with E-state index in [1.807, 2.05) is 53.1 Å². The van der Waals surface area contributed by atoms with Crippen molar-refractivity contribution in [3.63, 3.8) is 0 Å². The molecule has 0 radical (unpaired) electrons. The lowest BCUT2D eigenvalue weighted by atomic mass is 9.87. The smallest absolute Gasteiger partial charge is 0.394 e. The van der Waals surface area contributed by atoms with Crippen LogP contribution in [0.5, 0.6) is 0 Å². The zero-order valence-electron chi connectivity index (χ0n) is 31.0. The first-order valence-electron chi connectivity index (χ1n) is 18.4. The average Bonchev–Trinajstić information content (AvgIpc) is 3.87. The molecule has 20 heteroatoms. The van der Waals surface area contributed by atoms with Crippen molar-refractivity contribution >= 4 is 30.0 Å². The highest BCUT2D eigenvalue weighted by Crippen LogP contribution is 2.32. The molecule has 0 saturated carbocycles. The maximum atomic E-state index is 13.5. The van der Waals surface area contributed by atoms with Crippen molar-refractivity contribution in [3.05, 3.63) is 129 Å². The van der Waals surface area contributed by atoms with Gasteiger partial charge in [-0.1, -0.05) is 36.4 Å². The molecule has 4 atom stereocenters. The van der Waals surface area contributed by atoms with Crippen LogP contribution in [0, 0.1) is 11.6 Å². The molecule has 310 valence electrons. The number of para-hydroxylation sites is 2. The summed E-state index contributed by atoms with van der Waals surface area (Å²) in [6.07, 6.45) is 1.99. The molecule has 0 unspecified atom stereocenters. The molecule has 8 rings (SSSR count). The third-order valence-corrected chi connectivity index (χ3v) is 10.2. The van der Waals surface area contributed by atoms with E-state index in [1.54, 1.807) is 0 Å². The zero-order chi connectivity index (χ0) is 41.6. The Bertz CT molecular complexity index is 2370. The first-order valence-corrected chi connectivity index (χ1v) is 20.0. The first kappa shape index (κ1) is 42.7. The largest absolute Gasteiger partial charge is 0.466 e. The van der Waals surface area contributed by atoms with Crippen LogP contribution >= 0.6 is 7.82 Å². The Morgan fingerprint density at radius 3 is 2.07 bits per heavy atom. The number of imidazole rings is 2. The molecule has 2 fully saturated rings. The fourth-order valence-corrected chi connectivity index (χ4v) is 7.43. The number of nitrogens with one attached hydrogen (secondary N) is 2. The normalized spacial score (nSPS) is 20.2. The van der Waals surface area contributed by atoms with Gasteiger partial charge in [0.05, 0.1) is 30.3 Å². The number of aromatic amines is 2. The molecular weight excluding hydrogens is 783 g/mol. The summed E-state index contributed by atoms with van der Waals surface area (Å²) in [5.74, 6) is -0.402. The molecule has 0 bridgehead atoms. The van der Waals surface area contributed by atoms with Crippen LogP contribution in [0.1, 0.15) is 55.0 Å². The second-order valence-corrected chi connectivity index (χ2v) is 15.0. The van der Waals surface area contributed by atoms with Crippen molar-refractivity contribution in [2.24, 2.45) is 0 Å². The van der Waals surface area contributed by atoms with E-state index in [0.717, 1.165) is 67.5 Å². The van der Waals surface area contributed by atoms with Gasteiger partial charge in [-0.05, 0) is 79.8 Å². The monoisotopic (exact) mass is 827 g/mol.